The Hall–Kier alpha value is -4.06. The Morgan fingerprint density at radius 2 is 1.76 bits per heavy atom. The standard InChI is InChI=1S/C29H26ClN5O2S/c1-17-4-9-24(18(2)14-17)35-25(36)16-38-29-23(15-31)27(20-10-12-32-13-11-20)26(19(3)33-29)28(37)34-22-7-5-21(30)6-8-22/h4-14,27,33H,16H2,1-3H3,(H,34,37)(H,35,36)/t27-/m0/s1. The first kappa shape index (κ1) is 27.0. The molecule has 0 saturated carbocycles. The lowest BCUT2D eigenvalue weighted by atomic mass is 9.82. The molecular weight excluding hydrogens is 518 g/mol. The molecule has 1 aliphatic heterocycles. The van der Waals surface area contributed by atoms with E-state index in [0.29, 0.717) is 32.6 Å². The van der Waals surface area contributed by atoms with Gasteiger partial charge in [0.05, 0.1) is 28.3 Å². The molecule has 38 heavy (non-hydrogen) atoms. The van der Waals surface area contributed by atoms with Gasteiger partial charge in [0.1, 0.15) is 0 Å². The number of halogens is 1. The second kappa shape index (κ2) is 12.0. The Balaban J connectivity index is 1.60. The largest absolute Gasteiger partial charge is 0.353 e. The highest BCUT2D eigenvalue weighted by Gasteiger charge is 2.35. The molecule has 0 aliphatic carbocycles. The predicted octanol–water partition coefficient (Wildman–Crippen LogP) is 6.06. The van der Waals surface area contributed by atoms with Crippen molar-refractivity contribution in [1.82, 2.24) is 10.3 Å². The minimum atomic E-state index is -0.638. The number of pyridine rings is 1. The summed E-state index contributed by atoms with van der Waals surface area (Å²) in [5, 5.41) is 20.3. The van der Waals surface area contributed by atoms with Gasteiger partial charge in [0.25, 0.3) is 5.91 Å². The van der Waals surface area contributed by atoms with Gasteiger partial charge in [-0.15, -0.1) is 0 Å². The Bertz CT molecular complexity index is 1480. The van der Waals surface area contributed by atoms with E-state index in [-0.39, 0.29) is 17.6 Å². The summed E-state index contributed by atoms with van der Waals surface area (Å²) in [5.74, 6) is -1.09. The van der Waals surface area contributed by atoms with E-state index < -0.39 is 5.92 Å². The van der Waals surface area contributed by atoms with Crippen LogP contribution in [-0.4, -0.2) is 22.6 Å². The Morgan fingerprint density at radius 1 is 1.05 bits per heavy atom. The number of hydrogen-bond acceptors (Lipinski definition) is 6. The van der Waals surface area contributed by atoms with Crippen molar-refractivity contribution in [3.8, 4) is 6.07 Å². The maximum Gasteiger partial charge on any atom is 0.254 e. The van der Waals surface area contributed by atoms with E-state index in [4.69, 9.17) is 11.6 Å². The molecule has 3 N–H and O–H groups in total. The topological polar surface area (TPSA) is 107 Å². The highest BCUT2D eigenvalue weighted by Crippen LogP contribution is 2.40. The van der Waals surface area contributed by atoms with E-state index >= 15 is 0 Å². The van der Waals surface area contributed by atoms with Crippen LogP contribution < -0.4 is 16.0 Å². The number of aromatic nitrogens is 1. The number of anilines is 2. The van der Waals surface area contributed by atoms with Crippen LogP contribution in [0.5, 0.6) is 0 Å². The van der Waals surface area contributed by atoms with Crippen LogP contribution in [0.4, 0.5) is 11.4 Å². The fourth-order valence-electron chi connectivity index (χ4n) is 4.23. The summed E-state index contributed by atoms with van der Waals surface area (Å²) in [6, 6.07) is 18.5. The number of thioether (sulfide) groups is 1. The Kier molecular flexibility index (Phi) is 8.52. The van der Waals surface area contributed by atoms with Gasteiger partial charge in [-0.3, -0.25) is 14.6 Å². The van der Waals surface area contributed by atoms with Crippen molar-refractivity contribution in [3.05, 3.63) is 111 Å². The highest BCUT2D eigenvalue weighted by atomic mass is 35.5. The second-order valence-corrected chi connectivity index (χ2v) is 10.3. The summed E-state index contributed by atoms with van der Waals surface area (Å²) >= 11 is 7.20. The van der Waals surface area contributed by atoms with Gasteiger partial charge >= 0.3 is 0 Å². The van der Waals surface area contributed by atoms with Gasteiger partial charge in [0, 0.05) is 40.1 Å². The summed E-state index contributed by atoms with van der Waals surface area (Å²) in [6.45, 7) is 5.73. The van der Waals surface area contributed by atoms with Crippen molar-refractivity contribution in [3.63, 3.8) is 0 Å². The normalized spacial score (nSPS) is 15.0. The molecule has 0 saturated heterocycles. The third-order valence-corrected chi connectivity index (χ3v) is 7.31. The van der Waals surface area contributed by atoms with Crippen molar-refractivity contribution in [2.45, 2.75) is 26.7 Å². The quantitative estimate of drug-likeness (QED) is 0.334. The fourth-order valence-corrected chi connectivity index (χ4v) is 5.24. The van der Waals surface area contributed by atoms with Crippen LogP contribution >= 0.6 is 23.4 Å². The predicted molar refractivity (Wildman–Crippen MR) is 153 cm³/mol. The van der Waals surface area contributed by atoms with E-state index in [1.54, 1.807) is 55.7 Å². The number of nitrogens with one attached hydrogen (secondary N) is 3. The molecule has 2 aromatic carbocycles. The van der Waals surface area contributed by atoms with Crippen LogP contribution in [0.15, 0.2) is 88.9 Å². The van der Waals surface area contributed by atoms with Crippen molar-refractivity contribution < 1.29 is 9.59 Å². The first-order chi connectivity index (χ1) is 18.3. The van der Waals surface area contributed by atoms with Crippen molar-refractivity contribution in [1.29, 1.82) is 5.26 Å². The number of nitrogens with zero attached hydrogens (tertiary/aromatic N) is 2. The molecule has 2 amide bonds. The molecule has 3 aromatic rings. The van der Waals surface area contributed by atoms with E-state index in [1.165, 1.54) is 11.8 Å². The molecule has 1 atom stereocenters. The molecule has 0 unspecified atom stereocenters. The zero-order valence-corrected chi connectivity index (χ0v) is 22.7. The molecule has 9 heteroatoms. The summed E-state index contributed by atoms with van der Waals surface area (Å²) in [7, 11) is 0. The molecule has 1 aromatic heterocycles. The van der Waals surface area contributed by atoms with Gasteiger partial charge in [0.15, 0.2) is 0 Å². The minimum Gasteiger partial charge on any atom is -0.353 e. The van der Waals surface area contributed by atoms with Crippen LogP contribution in [0.25, 0.3) is 0 Å². The highest BCUT2D eigenvalue weighted by molar-refractivity contribution is 8.03. The maximum absolute atomic E-state index is 13.5. The first-order valence-electron chi connectivity index (χ1n) is 11.9. The third kappa shape index (κ3) is 6.25. The number of allylic oxidation sites excluding steroid dienone is 2. The Morgan fingerprint density at radius 3 is 2.42 bits per heavy atom. The minimum absolute atomic E-state index is 0.0868. The zero-order valence-electron chi connectivity index (χ0n) is 21.1. The summed E-state index contributed by atoms with van der Waals surface area (Å²) in [4.78, 5) is 30.3. The number of amides is 2. The monoisotopic (exact) mass is 543 g/mol. The van der Waals surface area contributed by atoms with Crippen molar-refractivity contribution in [2.24, 2.45) is 0 Å². The lowest BCUT2D eigenvalue weighted by molar-refractivity contribution is -0.114. The number of carbonyl (C=O) groups is 2. The van der Waals surface area contributed by atoms with E-state index in [1.807, 2.05) is 32.0 Å². The number of nitriles is 1. The van der Waals surface area contributed by atoms with Crippen LogP contribution in [-0.2, 0) is 9.59 Å². The molecule has 4 rings (SSSR count). The van der Waals surface area contributed by atoms with Crippen LogP contribution in [0.2, 0.25) is 5.02 Å². The number of hydrogen-bond donors (Lipinski definition) is 3. The van der Waals surface area contributed by atoms with E-state index in [2.05, 4.69) is 27.0 Å². The van der Waals surface area contributed by atoms with Crippen molar-refractivity contribution >= 4 is 46.6 Å². The molecule has 1 aliphatic rings. The van der Waals surface area contributed by atoms with Gasteiger partial charge in [-0.05, 0) is 74.4 Å². The first-order valence-corrected chi connectivity index (χ1v) is 13.2. The fraction of sp³-hybridized carbons (Fsp3) is 0.172. The molecule has 0 bridgehead atoms. The summed E-state index contributed by atoms with van der Waals surface area (Å²) in [5.41, 5.74) is 5.53. The number of aryl methyl sites for hydroxylation is 2. The Labute approximate surface area is 231 Å². The molecule has 0 spiro atoms. The van der Waals surface area contributed by atoms with Crippen LogP contribution in [0, 0.1) is 25.2 Å². The van der Waals surface area contributed by atoms with Gasteiger partial charge in [-0.1, -0.05) is 41.1 Å². The summed E-state index contributed by atoms with van der Waals surface area (Å²) in [6.07, 6.45) is 3.25. The van der Waals surface area contributed by atoms with Gasteiger partial charge in [-0.2, -0.15) is 5.26 Å². The SMILES string of the molecule is CC1=C(C(=O)Nc2ccc(Cl)cc2)[C@@H](c2ccncc2)C(C#N)=C(SCC(=O)Nc2ccc(C)cc2C)N1. The maximum atomic E-state index is 13.5. The van der Waals surface area contributed by atoms with Gasteiger partial charge < -0.3 is 16.0 Å². The average Bonchev–Trinajstić information content (AvgIpc) is 2.90. The lowest BCUT2D eigenvalue weighted by Crippen LogP contribution is -2.31. The van der Waals surface area contributed by atoms with Crippen LogP contribution in [0.1, 0.15) is 29.5 Å². The molecule has 2 heterocycles. The number of dihydropyridines is 1. The lowest BCUT2D eigenvalue weighted by Gasteiger charge is -2.29. The van der Waals surface area contributed by atoms with E-state index in [9.17, 15) is 14.9 Å². The smallest absolute Gasteiger partial charge is 0.254 e. The van der Waals surface area contributed by atoms with Gasteiger partial charge in [-0.25, -0.2) is 0 Å². The number of benzene rings is 2. The molecular formula is C29H26ClN5O2S. The summed E-state index contributed by atoms with van der Waals surface area (Å²) < 4.78 is 0. The number of rotatable bonds is 7. The van der Waals surface area contributed by atoms with Crippen LogP contribution in [0.3, 0.4) is 0 Å². The van der Waals surface area contributed by atoms with E-state index in [0.717, 1.165) is 22.4 Å². The molecule has 0 radical (unpaired) electrons. The molecule has 192 valence electrons. The molecule has 0 fully saturated rings. The number of carbonyl (C=O) groups excluding carboxylic acids is 2. The van der Waals surface area contributed by atoms with Crippen molar-refractivity contribution in [2.75, 3.05) is 16.4 Å². The molecule has 7 nitrogen and oxygen atoms in total. The van der Waals surface area contributed by atoms with Gasteiger partial charge in [0.2, 0.25) is 5.91 Å². The third-order valence-electron chi connectivity index (χ3n) is 6.04. The second-order valence-electron chi connectivity index (χ2n) is 8.85. The zero-order chi connectivity index (χ0) is 27.2. The average molecular weight is 544 g/mol.